The second-order valence-electron chi connectivity index (χ2n) is 2.74. The summed E-state index contributed by atoms with van der Waals surface area (Å²) in [5.41, 5.74) is 7.82. The maximum absolute atomic E-state index is 5.53. The monoisotopic (exact) mass is 224 g/mol. The van der Waals surface area contributed by atoms with Crippen molar-refractivity contribution < 1.29 is 0 Å². The fourth-order valence-electron chi connectivity index (χ4n) is 1.27. The van der Waals surface area contributed by atoms with E-state index < -0.39 is 0 Å². The molecule has 0 unspecified atom stereocenters. The zero-order valence-corrected chi connectivity index (χ0v) is 8.06. The number of rotatable bonds is 1. The van der Waals surface area contributed by atoms with E-state index in [1.54, 1.807) is 0 Å². The van der Waals surface area contributed by atoms with Gasteiger partial charge in [0.15, 0.2) is 0 Å². The van der Waals surface area contributed by atoms with E-state index in [-0.39, 0.29) is 0 Å². The third-order valence-corrected chi connectivity index (χ3v) is 2.32. The summed E-state index contributed by atoms with van der Waals surface area (Å²) in [6.45, 7) is 0.596. The number of H-pyrrole nitrogens is 1. The van der Waals surface area contributed by atoms with Crippen molar-refractivity contribution in [3.63, 3.8) is 0 Å². The van der Waals surface area contributed by atoms with E-state index in [0.29, 0.717) is 6.54 Å². The topological polar surface area (TPSA) is 41.8 Å². The van der Waals surface area contributed by atoms with Crippen molar-refractivity contribution >= 4 is 26.8 Å². The molecule has 2 aromatic rings. The van der Waals surface area contributed by atoms with Gasteiger partial charge in [-0.15, -0.1) is 0 Å². The third kappa shape index (κ3) is 1.26. The first-order valence-corrected chi connectivity index (χ1v) is 4.56. The van der Waals surface area contributed by atoms with Crippen LogP contribution in [0.3, 0.4) is 0 Å². The summed E-state index contributed by atoms with van der Waals surface area (Å²) in [6, 6.07) is 8.22. The van der Waals surface area contributed by atoms with Crippen LogP contribution >= 0.6 is 15.9 Å². The van der Waals surface area contributed by atoms with Gasteiger partial charge in [0.2, 0.25) is 0 Å². The maximum atomic E-state index is 5.53. The normalized spacial score (nSPS) is 10.8. The lowest BCUT2D eigenvalue weighted by Gasteiger charge is -1.94. The van der Waals surface area contributed by atoms with E-state index in [1.807, 2.05) is 12.1 Å². The van der Waals surface area contributed by atoms with Gasteiger partial charge in [-0.1, -0.05) is 6.07 Å². The molecule has 0 spiro atoms. The molecular formula is C9H9BrN2. The van der Waals surface area contributed by atoms with Gasteiger partial charge in [0.1, 0.15) is 0 Å². The molecule has 0 radical (unpaired) electrons. The van der Waals surface area contributed by atoms with E-state index >= 15 is 0 Å². The molecule has 0 saturated carbocycles. The number of benzene rings is 1. The number of halogens is 1. The third-order valence-electron chi connectivity index (χ3n) is 1.89. The van der Waals surface area contributed by atoms with E-state index in [2.05, 4.69) is 33.0 Å². The van der Waals surface area contributed by atoms with Crippen molar-refractivity contribution in [1.82, 2.24) is 4.98 Å². The molecular weight excluding hydrogens is 216 g/mol. The second-order valence-corrected chi connectivity index (χ2v) is 3.60. The molecule has 0 atom stereocenters. The molecule has 0 aliphatic rings. The average molecular weight is 225 g/mol. The Kier molecular flexibility index (Phi) is 1.90. The summed E-state index contributed by atoms with van der Waals surface area (Å²) < 4.78 is 1.01. The van der Waals surface area contributed by atoms with Crippen molar-refractivity contribution in [2.24, 2.45) is 5.73 Å². The van der Waals surface area contributed by atoms with Crippen LogP contribution in [0.15, 0.2) is 28.9 Å². The fourth-order valence-corrected chi connectivity index (χ4v) is 1.73. The quantitative estimate of drug-likeness (QED) is 0.768. The Bertz CT molecular complexity index is 406. The van der Waals surface area contributed by atoms with Crippen LogP contribution in [-0.4, -0.2) is 4.98 Å². The number of fused-ring (bicyclic) bond motifs is 1. The first kappa shape index (κ1) is 7.83. The van der Waals surface area contributed by atoms with Crippen LogP contribution in [0.25, 0.3) is 10.9 Å². The standard InChI is InChI=1S/C9H9BrN2/c10-9-4-7-3-6(5-11)1-2-8(7)12-9/h1-4,12H,5,11H2. The van der Waals surface area contributed by atoms with Gasteiger partial charge >= 0.3 is 0 Å². The number of nitrogens with one attached hydrogen (secondary N) is 1. The van der Waals surface area contributed by atoms with Gasteiger partial charge in [0.25, 0.3) is 0 Å². The highest BCUT2D eigenvalue weighted by atomic mass is 79.9. The zero-order chi connectivity index (χ0) is 8.55. The molecule has 1 aromatic heterocycles. The van der Waals surface area contributed by atoms with Crippen LogP contribution in [0.1, 0.15) is 5.56 Å². The van der Waals surface area contributed by atoms with Crippen molar-refractivity contribution in [2.75, 3.05) is 0 Å². The predicted octanol–water partition coefficient (Wildman–Crippen LogP) is 2.39. The molecule has 0 fully saturated rings. The van der Waals surface area contributed by atoms with Crippen LogP contribution < -0.4 is 5.73 Å². The minimum absolute atomic E-state index is 0.596. The lowest BCUT2D eigenvalue weighted by atomic mass is 10.1. The molecule has 0 bridgehead atoms. The Morgan fingerprint density at radius 1 is 1.33 bits per heavy atom. The van der Waals surface area contributed by atoms with Crippen molar-refractivity contribution in [3.8, 4) is 0 Å². The average Bonchev–Trinajstić information content (AvgIpc) is 2.43. The lowest BCUT2D eigenvalue weighted by molar-refractivity contribution is 1.08. The van der Waals surface area contributed by atoms with Gasteiger partial charge < -0.3 is 10.7 Å². The summed E-state index contributed by atoms with van der Waals surface area (Å²) in [5.74, 6) is 0. The molecule has 1 heterocycles. The number of nitrogens with two attached hydrogens (primary N) is 1. The molecule has 12 heavy (non-hydrogen) atoms. The Labute approximate surface area is 78.9 Å². The van der Waals surface area contributed by atoms with Crippen LogP contribution in [0.2, 0.25) is 0 Å². The maximum Gasteiger partial charge on any atom is 0.0830 e. The molecule has 0 aliphatic heterocycles. The van der Waals surface area contributed by atoms with Crippen LogP contribution in [0.4, 0.5) is 0 Å². The van der Waals surface area contributed by atoms with E-state index in [1.165, 1.54) is 5.39 Å². The molecule has 2 nitrogen and oxygen atoms in total. The van der Waals surface area contributed by atoms with Crippen LogP contribution in [-0.2, 0) is 6.54 Å². The summed E-state index contributed by atoms with van der Waals surface area (Å²) in [4.78, 5) is 3.19. The van der Waals surface area contributed by atoms with Gasteiger partial charge in [0.05, 0.1) is 4.60 Å². The minimum Gasteiger partial charge on any atom is -0.349 e. The largest absolute Gasteiger partial charge is 0.349 e. The number of hydrogen-bond donors (Lipinski definition) is 2. The summed E-state index contributed by atoms with van der Waals surface area (Å²) in [7, 11) is 0. The molecule has 3 N–H and O–H groups in total. The highest BCUT2D eigenvalue weighted by molar-refractivity contribution is 9.10. The van der Waals surface area contributed by atoms with Crippen LogP contribution in [0, 0.1) is 0 Å². The first-order valence-electron chi connectivity index (χ1n) is 3.77. The van der Waals surface area contributed by atoms with Crippen molar-refractivity contribution in [3.05, 3.63) is 34.4 Å². The molecule has 0 amide bonds. The van der Waals surface area contributed by atoms with E-state index in [9.17, 15) is 0 Å². The molecule has 0 aliphatic carbocycles. The summed E-state index contributed by atoms with van der Waals surface area (Å²) >= 11 is 3.38. The zero-order valence-electron chi connectivity index (χ0n) is 6.47. The van der Waals surface area contributed by atoms with Gasteiger partial charge in [-0.05, 0) is 39.7 Å². The van der Waals surface area contributed by atoms with Crippen molar-refractivity contribution in [2.45, 2.75) is 6.54 Å². The van der Waals surface area contributed by atoms with Crippen LogP contribution in [0.5, 0.6) is 0 Å². The van der Waals surface area contributed by atoms with Gasteiger partial charge in [-0.2, -0.15) is 0 Å². The Morgan fingerprint density at radius 3 is 2.92 bits per heavy atom. The Hall–Kier alpha value is -0.800. The summed E-state index contributed by atoms with van der Waals surface area (Å²) in [5, 5.41) is 1.20. The van der Waals surface area contributed by atoms with Gasteiger partial charge in [-0.25, -0.2) is 0 Å². The Balaban J connectivity index is 2.66. The predicted molar refractivity (Wildman–Crippen MR) is 53.9 cm³/mol. The first-order chi connectivity index (χ1) is 5.79. The fraction of sp³-hybridized carbons (Fsp3) is 0.111. The number of hydrogen-bond acceptors (Lipinski definition) is 1. The highest BCUT2D eigenvalue weighted by Gasteiger charge is 1.98. The number of aromatic nitrogens is 1. The molecule has 62 valence electrons. The minimum atomic E-state index is 0.596. The smallest absolute Gasteiger partial charge is 0.0830 e. The number of aromatic amines is 1. The molecule has 0 saturated heterocycles. The highest BCUT2D eigenvalue weighted by Crippen LogP contribution is 2.20. The molecule has 1 aromatic carbocycles. The SMILES string of the molecule is NCc1ccc2[nH]c(Br)cc2c1. The Morgan fingerprint density at radius 2 is 2.17 bits per heavy atom. The van der Waals surface area contributed by atoms with E-state index in [0.717, 1.165) is 15.7 Å². The second kappa shape index (κ2) is 2.92. The van der Waals surface area contributed by atoms with Gasteiger partial charge in [-0.3, -0.25) is 0 Å². The van der Waals surface area contributed by atoms with E-state index in [4.69, 9.17) is 5.73 Å². The molecule has 2 rings (SSSR count). The van der Waals surface area contributed by atoms with Crippen molar-refractivity contribution in [1.29, 1.82) is 0 Å². The molecule has 3 heteroatoms. The lowest BCUT2D eigenvalue weighted by Crippen LogP contribution is -1.94. The van der Waals surface area contributed by atoms with Gasteiger partial charge in [0, 0.05) is 17.4 Å². The summed E-state index contributed by atoms with van der Waals surface area (Å²) in [6.07, 6.45) is 0.